The minimum atomic E-state index is -0.191. The third-order valence-electron chi connectivity index (χ3n) is 3.26. The van der Waals surface area contributed by atoms with Gasteiger partial charge >= 0.3 is 0 Å². The van der Waals surface area contributed by atoms with E-state index in [2.05, 4.69) is 5.32 Å². The maximum Gasteiger partial charge on any atom is 0.242 e. The summed E-state index contributed by atoms with van der Waals surface area (Å²) in [5.41, 5.74) is 3.92. The molecule has 1 unspecified atom stereocenters. The molecule has 0 bridgehead atoms. The van der Waals surface area contributed by atoms with Gasteiger partial charge in [-0.15, -0.1) is 11.8 Å². The Kier molecular flexibility index (Phi) is 3.25. The van der Waals surface area contributed by atoms with Crippen molar-refractivity contribution in [1.82, 2.24) is 0 Å². The number of fused-ring (bicyclic) bond motifs is 1. The molecule has 1 N–H and O–H groups in total. The van der Waals surface area contributed by atoms with Crippen molar-refractivity contribution in [2.24, 2.45) is 0 Å². The molecule has 0 aliphatic carbocycles. The molecule has 0 saturated heterocycles. The van der Waals surface area contributed by atoms with Gasteiger partial charge in [0.05, 0.1) is 10.7 Å². The second-order valence-corrected chi connectivity index (χ2v) is 5.70. The summed E-state index contributed by atoms with van der Waals surface area (Å²) < 4.78 is 0. The number of nitrogens with one attached hydrogen (secondary N) is 1. The summed E-state index contributed by atoms with van der Waals surface area (Å²) >= 11 is 7.72. The maximum atomic E-state index is 12.0. The Bertz CT molecular complexity index is 642. The van der Waals surface area contributed by atoms with Crippen LogP contribution in [0.1, 0.15) is 10.8 Å². The van der Waals surface area contributed by atoms with Crippen molar-refractivity contribution in [1.29, 1.82) is 0 Å². The summed E-state index contributed by atoms with van der Waals surface area (Å²) in [4.78, 5) is 12.0. The Morgan fingerprint density at radius 3 is 2.58 bits per heavy atom. The Morgan fingerprint density at radius 2 is 1.89 bits per heavy atom. The van der Waals surface area contributed by atoms with E-state index in [0.717, 1.165) is 22.4 Å². The van der Waals surface area contributed by atoms with Crippen molar-refractivity contribution in [2.45, 2.75) is 5.25 Å². The number of thioether (sulfide) groups is 1. The van der Waals surface area contributed by atoms with Gasteiger partial charge in [0.1, 0.15) is 5.25 Å². The quantitative estimate of drug-likeness (QED) is 0.890. The molecule has 4 heteroatoms. The van der Waals surface area contributed by atoms with Gasteiger partial charge in [0, 0.05) is 5.56 Å². The predicted octanol–water partition coefficient (Wildman–Crippen LogP) is 4.36. The second kappa shape index (κ2) is 4.91. The summed E-state index contributed by atoms with van der Waals surface area (Å²) in [6.07, 6.45) is 1.94. The molecule has 1 aliphatic rings. The summed E-state index contributed by atoms with van der Waals surface area (Å²) in [6.45, 7) is 0. The SMILES string of the molecule is CSC1C(=O)Nc2c(Cl)ccc(-c3ccccc3)c21. The first-order valence-electron chi connectivity index (χ1n) is 5.94. The molecule has 2 nitrogen and oxygen atoms in total. The summed E-state index contributed by atoms with van der Waals surface area (Å²) in [5, 5.41) is 3.29. The average Bonchev–Trinajstić information content (AvgIpc) is 2.77. The van der Waals surface area contributed by atoms with E-state index < -0.39 is 0 Å². The predicted molar refractivity (Wildman–Crippen MR) is 81.8 cm³/mol. The van der Waals surface area contributed by atoms with Crippen LogP contribution in [0.2, 0.25) is 5.02 Å². The zero-order chi connectivity index (χ0) is 13.4. The van der Waals surface area contributed by atoms with E-state index in [1.54, 1.807) is 0 Å². The van der Waals surface area contributed by atoms with Crippen LogP contribution >= 0.6 is 23.4 Å². The van der Waals surface area contributed by atoms with Crippen molar-refractivity contribution < 1.29 is 4.79 Å². The van der Waals surface area contributed by atoms with Gasteiger partial charge in [-0.1, -0.05) is 48.0 Å². The average molecular weight is 290 g/mol. The lowest BCUT2D eigenvalue weighted by atomic mass is 9.97. The van der Waals surface area contributed by atoms with Crippen molar-refractivity contribution in [3.05, 3.63) is 53.1 Å². The van der Waals surface area contributed by atoms with E-state index in [1.165, 1.54) is 11.8 Å². The molecule has 0 aromatic heterocycles. The monoisotopic (exact) mass is 289 g/mol. The van der Waals surface area contributed by atoms with E-state index in [9.17, 15) is 4.79 Å². The lowest BCUT2D eigenvalue weighted by Gasteiger charge is -2.12. The standard InChI is InChI=1S/C15H12ClNOS/c1-19-14-12-10(9-5-3-2-4-6-9)7-8-11(16)13(12)17-15(14)18/h2-8,14H,1H3,(H,17,18). The molecule has 1 amide bonds. The first-order valence-corrected chi connectivity index (χ1v) is 7.60. The molecule has 19 heavy (non-hydrogen) atoms. The molecule has 0 saturated carbocycles. The largest absolute Gasteiger partial charge is 0.323 e. The molecule has 0 fully saturated rings. The zero-order valence-corrected chi connectivity index (χ0v) is 11.9. The number of halogens is 1. The number of benzene rings is 2. The molecule has 1 heterocycles. The van der Waals surface area contributed by atoms with Crippen LogP contribution in [0, 0.1) is 0 Å². The van der Waals surface area contributed by atoms with Gasteiger partial charge < -0.3 is 5.32 Å². The van der Waals surface area contributed by atoms with Gasteiger partial charge in [-0.05, 0) is 23.4 Å². The van der Waals surface area contributed by atoms with Gasteiger partial charge in [0.25, 0.3) is 0 Å². The molecule has 0 radical (unpaired) electrons. The van der Waals surface area contributed by atoms with Crippen LogP contribution < -0.4 is 5.32 Å². The highest BCUT2D eigenvalue weighted by Gasteiger charge is 2.33. The molecular formula is C15H12ClNOS. The van der Waals surface area contributed by atoms with Crippen LogP contribution in [0.25, 0.3) is 11.1 Å². The van der Waals surface area contributed by atoms with Crippen LogP contribution in [-0.4, -0.2) is 12.2 Å². The number of amides is 1. The highest BCUT2D eigenvalue weighted by atomic mass is 35.5. The molecule has 2 aromatic rings. The number of hydrogen-bond acceptors (Lipinski definition) is 2. The van der Waals surface area contributed by atoms with Gasteiger partial charge in [0.2, 0.25) is 5.91 Å². The van der Waals surface area contributed by atoms with Crippen molar-refractivity contribution in [2.75, 3.05) is 11.6 Å². The number of hydrogen-bond donors (Lipinski definition) is 1. The highest BCUT2D eigenvalue weighted by molar-refractivity contribution is 7.99. The molecule has 1 aliphatic heterocycles. The summed E-state index contributed by atoms with van der Waals surface area (Å²) in [7, 11) is 0. The molecule has 2 aromatic carbocycles. The number of rotatable bonds is 2. The number of carbonyl (C=O) groups excluding carboxylic acids is 1. The second-order valence-electron chi connectivity index (χ2n) is 4.35. The fraction of sp³-hybridized carbons (Fsp3) is 0.133. The third-order valence-corrected chi connectivity index (χ3v) is 4.50. The van der Waals surface area contributed by atoms with E-state index >= 15 is 0 Å². The first-order chi connectivity index (χ1) is 9.22. The van der Waals surface area contributed by atoms with Crippen molar-refractivity contribution >= 4 is 35.0 Å². The number of anilines is 1. The van der Waals surface area contributed by atoms with E-state index in [-0.39, 0.29) is 11.2 Å². The van der Waals surface area contributed by atoms with E-state index in [4.69, 9.17) is 11.6 Å². The van der Waals surface area contributed by atoms with Crippen molar-refractivity contribution in [3.8, 4) is 11.1 Å². The topological polar surface area (TPSA) is 29.1 Å². The van der Waals surface area contributed by atoms with E-state index in [0.29, 0.717) is 5.02 Å². The van der Waals surface area contributed by atoms with Crippen LogP contribution in [0.3, 0.4) is 0 Å². The highest BCUT2D eigenvalue weighted by Crippen LogP contribution is 2.47. The fourth-order valence-corrected chi connectivity index (χ4v) is 3.37. The molecular weight excluding hydrogens is 278 g/mol. The lowest BCUT2D eigenvalue weighted by Crippen LogP contribution is -2.08. The summed E-state index contributed by atoms with van der Waals surface area (Å²) in [5.74, 6) is 0.00720. The Labute approximate surface area is 121 Å². The third kappa shape index (κ3) is 2.03. The lowest BCUT2D eigenvalue weighted by molar-refractivity contribution is -0.115. The van der Waals surface area contributed by atoms with Crippen LogP contribution in [0.5, 0.6) is 0 Å². The fourth-order valence-electron chi connectivity index (χ4n) is 2.41. The molecule has 1 atom stereocenters. The zero-order valence-electron chi connectivity index (χ0n) is 10.3. The first kappa shape index (κ1) is 12.6. The minimum Gasteiger partial charge on any atom is -0.323 e. The normalized spacial score (nSPS) is 17.2. The van der Waals surface area contributed by atoms with Gasteiger partial charge in [-0.2, -0.15) is 0 Å². The Morgan fingerprint density at radius 1 is 1.16 bits per heavy atom. The molecule has 96 valence electrons. The van der Waals surface area contributed by atoms with E-state index in [1.807, 2.05) is 48.7 Å². The smallest absolute Gasteiger partial charge is 0.242 e. The van der Waals surface area contributed by atoms with Gasteiger partial charge in [-0.3, -0.25) is 4.79 Å². The van der Waals surface area contributed by atoms with Gasteiger partial charge in [0.15, 0.2) is 0 Å². The van der Waals surface area contributed by atoms with Gasteiger partial charge in [-0.25, -0.2) is 0 Å². The van der Waals surface area contributed by atoms with Crippen LogP contribution in [-0.2, 0) is 4.79 Å². The van der Waals surface area contributed by atoms with Crippen molar-refractivity contribution in [3.63, 3.8) is 0 Å². The Balaban J connectivity index is 2.24. The Hall–Kier alpha value is -1.45. The molecule has 0 spiro atoms. The number of carbonyl (C=O) groups is 1. The summed E-state index contributed by atoms with van der Waals surface area (Å²) in [6, 6.07) is 13.9. The molecule has 3 rings (SSSR count). The minimum absolute atomic E-state index is 0.00720. The maximum absolute atomic E-state index is 12.0. The van der Waals surface area contributed by atoms with Crippen LogP contribution in [0.15, 0.2) is 42.5 Å². The van der Waals surface area contributed by atoms with Crippen LogP contribution in [0.4, 0.5) is 5.69 Å².